The Labute approximate surface area is 179 Å². The van der Waals surface area contributed by atoms with E-state index in [9.17, 15) is 14.9 Å². The largest absolute Gasteiger partial charge is 0.490 e. The summed E-state index contributed by atoms with van der Waals surface area (Å²) in [5.41, 5.74) is 1.14. The van der Waals surface area contributed by atoms with Crippen molar-refractivity contribution in [1.82, 2.24) is 0 Å². The fourth-order valence-electron chi connectivity index (χ4n) is 2.60. The zero-order chi connectivity index (χ0) is 21.2. The van der Waals surface area contributed by atoms with Gasteiger partial charge in [0.2, 0.25) is 5.75 Å². The Bertz CT molecular complexity index is 943. The lowest BCUT2D eigenvalue weighted by molar-refractivity contribution is -0.385. The molecule has 0 saturated heterocycles. The van der Waals surface area contributed by atoms with Crippen LogP contribution in [-0.2, 0) is 4.79 Å². The van der Waals surface area contributed by atoms with Crippen molar-refractivity contribution in [3.63, 3.8) is 0 Å². The standard InChI is InChI=1S/C19H19Br2NO6/c1-9(2)13-6-12(7-15(22(24)25)18(13)26-5)28-19-14(20)8-16(27-11(4)23)10(3)17(19)21/h6-9H,1-5H3. The molecule has 0 saturated carbocycles. The topological polar surface area (TPSA) is 87.9 Å². The molecule has 0 heterocycles. The van der Waals surface area contributed by atoms with Crippen molar-refractivity contribution in [2.75, 3.05) is 7.11 Å². The molecule has 0 spiro atoms. The first-order valence-corrected chi connectivity index (χ1v) is 9.86. The maximum absolute atomic E-state index is 11.5. The van der Waals surface area contributed by atoms with Crippen molar-refractivity contribution in [2.45, 2.75) is 33.6 Å². The van der Waals surface area contributed by atoms with Gasteiger partial charge in [-0.15, -0.1) is 0 Å². The second-order valence-electron chi connectivity index (χ2n) is 6.30. The van der Waals surface area contributed by atoms with Crippen molar-refractivity contribution in [1.29, 1.82) is 0 Å². The first-order chi connectivity index (χ1) is 13.1. The van der Waals surface area contributed by atoms with Gasteiger partial charge in [0.15, 0.2) is 5.75 Å². The number of hydrogen-bond donors (Lipinski definition) is 0. The van der Waals surface area contributed by atoms with Gasteiger partial charge in [-0.1, -0.05) is 13.8 Å². The quantitative estimate of drug-likeness (QED) is 0.194. The maximum Gasteiger partial charge on any atom is 0.314 e. The number of methoxy groups -OCH3 is 1. The van der Waals surface area contributed by atoms with Gasteiger partial charge >= 0.3 is 11.7 Å². The van der Waals surface area contributed by atoms with Crippen LogP contribution in [0.5, 0.6) is 23.0 Å². The molecule has 9 heteroatoms. The molecule has 7 nitrogen and oxygen atoms in total. The molecule has 0 aliphatic carbocycles. The van der Waals surface area contributed by atoms with E-state index in [4.69, 9.17) is 14.2 Å². The van der Waals surface area contributed by atoms with E-state index >= 15 is 0 Å². The molecule has 2 aromatic rings. The highest BCUT2D eigenvalue weighted by Gasteiger charge is 2.24. The van der Waals surface area contributed by atoms with Crippen molar-refractivity contribution in [3.05, 3.63) is 48.4 Å². The van der Waals surface area contributed by atoms with Crippen LogP contribution in [0, 0.1) is 17.0 Å². The molecule has 0 bridgehead atoms. The fourth-order valence-corrected chi connectivity index (χ4v) is 3.84. The summed E-state index contributed by atoms with van der Waals surface area (Å²) in [5, 5.41) is 11.5. The van der Waals surface area contributed by atoms with Gasteiger partial charge in [-0.2, -0.15) is 0 Å². The van der Waals surface area contributed by atoms with Crippen LogP contribution in [0.4, 0.5) is 5.69 Å². The molecule has 0 radical (unpaired) electrons. The molecule has 0 aliphatic heterocycles. The van der Waals surface area contributed by atoms with Crippen LogP contribution in [0.15, 0.2) is 27.1 Å². The molecule has 0 N–H and O–H groups in total. The van der Waals surface area contributed by atoms with Crippen LogP contribution in [-0.4, -0.2) is 18.0 Å². The van der Waals surface area contributed by atoms with E-state index in [1.165, 1.54) is 20.1 Å². The van der Waals surface area contributed by atoms with Gasteiger partial charge in [-0.3, -0.25) is 14.9 Å². The molecular formula is C19H19Br2NO6. The number of nitro groups is 1. The first-order valence-electron chi connectivity index (χ1n) is 8.28. The Morgan fingerprint density at radius 3 is 2.32 bits per heavy atom. The average Bonchev–Trinajstić information content (AvgIpc) is 2.61. The molecule has 2 rings (SSSR count). The van der Waals surface area contributed by atoms with Gasteiger partial charge in [-0.25, -0.2) is 0 Å². The number of ether oxygens (including phenoxy) is 3. The van der Waals surface area contributed by atoms with Gasteiger partial charge in [-0.05, 0) is 56.8 Å². The monoisotopic (exact) mass is 515 g/mol. The van der Waals surface area contributed by atoms with Crippen molar-refractivity contribution >= 4 is 43.5 Å². The second-order valence-corrected chi connectivity index (χ2v) is 7.94. The Hall–Kier alpha value is -2.13. The number of carbonyl (C=O) groups is 1. The molecule has 0 aliphatic rings. The lowest BCUT2D eigenvalue weighted by Crippen LogP contribution is -2.04. The van der Waals surface area contributed by atoms with E-state index in [-0.39, 0.29) is 23.1 Å². The third kappa shape index (κ3) is 4.64. The lowest BCUT2D eigenvalue weighted by atomic mass is 10.0. The summed E-state index contributed by atoms with van der Waals surface area (Å²) in [6.07, 6.45) is 0. The summed E-state index contributed by atoms with van der Waals surface area (Å²) in [7, 11) is 1.40. The number of esters is 1. The number of hydrogen-bond acceptors (Lipinski definition) is 6. The molecule has 0 fully saturated rings. The molecule has 150 valence electrons. The highest BCUT2D eigenvalue weighted by Crippen LogP contribution is 2.45. The Morgan fingerprint density at radius 1 is 1.18 bits per heavy atom. The van der Waals surface area contributed by atoms with E-state index in [1.54, 1.807) is 19.1 Å². The lowest BCUT2D eigenvalue weighted by Gasteiger charge is -2.17. The molecule has 0 atom stereocenters. The van der Waals surface area contributed by atoms with Gasteiger partial charge in [0.05, 0.1) is 27.0 Å². The zero-order valence-corrected chi connectivity index (χ0v) is 19.1. The summed E-state index contributed by atoms with van der Waals surface area (Å²) in [5.74, 6) is 0.828. The van der Waals surface area contributed by atoms with E-state index in [0.717, 1.165) is 0 Å². The van der Waals surface area contributed by atoms with E-state index in [1.807, 2.05) is 13.8 Å². The summed E-state index contributed by atoms with van der Waals surface area (Å²) >= 11 is 6.85. The molecular weight excluding hydrogens is 498 g/mol. The van der Waals surface area contributed by atoms with E-state index < -0.39 is 10.9 Å². The van der Waals surface area contributed by atoms with Crippen molar-refractivity contribution in [2.24, 2.45) is 0 Å². The predicted molar refractivity (Wildman–Crippen MR) is 112 cm³/mol. The number of halogens is 2. The molecule has 2 aromatic carbocycles. The van der Waals surface area contributed by atoms with Crippen LogP contribution in [0.2, 0.25) is 0 Å². The number of carbonyl (C=O) groups excluding carboxylic acids is 1. The maximum atomic E-state index is 11.5. The summed E-state index contributed by atoms with van der Waals surface area (Å²) < 4.78 is 17.5. The minimum atomic E-state index is -0.503. The summed E-state index contributed by atoms with van der Waals surface area (Å²) in [4.78, 5) is 22.3. The van der Waals surface area contributed by atoms with Gasteiger partial charge in [0.1, 0.15) is 11.5 Å². The number of nitrogens with zero attached hydrogens (tertiary/aromatic N) is 1. The Kier molecular flexibility index (Phi) is 7.06. The average molecular weight is 517 g/mol. The van der Waals surface area contributed by atoms with Crippen LogP contribution >= 0.6 is 31.9 Å². The molecule has 28 heavy (non-hydrogen) atoms. The Morgan fingerprint density at radius 2 is 1.82 bits per heavy atom. The van der Waals surface area contributed by atoms with Crippen LogP contribution in [0.3, 0.4) is 0 Å². The smallest absolute Gasteiger partial charge is 0.314 e. The van der Waals surface area contributed by atoms with Crippen molar-refractivity contribution < 1.29 is 23.9 Å². The van der Waals surface area contributed by atoms with E-state index in [0.29, 0.717) is 31.6 Å². The first kappa shape index (κ1) is 22.2. The van der Waals surface area contributed by atoms with Gasteiger partial charge in [0, 0.05) is 18.1 Å². The number of rotatable bonds is 6. The third-order valence-corrected chi connectivity index (χ3v) is 5.48. The summed E-state index contributed by atoms with van der Waals surface area (Å²) in [6, 6.07) is 4.64. The minimum Gasteiger partial charge on any atom is -0.490 e. The highest BCUT2D eigenvalue weighted by molar-refractivity contribution is 9.11. The van der Waals surface area contributed by atoms with Crippen LogP contribution in [0.1, 0.15) is 37.8 Å². The zero-order valence-electron chi connectivity index (χ0n) is 16.0. The van der Waals surface area contributed by atoms with Crippen LogP contribution < -0.4 is 14.2 Å². The van der Waals surface area contributed by atoms with Crippen LogP contribution in [0.25, 0.3) is 0 Å². The molecule has 0 amide bonds. The van der Waals surface area contributed by atoms with Gasteiger partial charge < -0.3 is 14.2 Å². The highest BCUT2D eigenvalue weighted by atomic mass is 79.9. The molecule has 0 unspecified atom stereocenters. The third-order valence-electron chi connectivity index (χ3n) is 3.94. The fraction of sp³-hybridized carbons (Fsp3) is 0.316. The SMILES string of the molecule is COc1c(C(C)C)cc(Oc2c(Br)cc(OC(C)=O)c(C)c2Br)cc1[N+](=O)[O-]. The predicted octanol–water partition coefficient (Wildman–Crippen LogP) is 6.28. The van der Waals surface area contributed by atoms with E-state index in [2.05, 4.69) is 31.9 Å². The normalized spacial score (nSPS) is 10.7. The van der Waals surface area contributed by atoms with Gasteiger partial charge in [0.25, 0.3) is 0 Å². The summed E-state index contributed by atoms with van der Waals surface area (Å²) in [6.45, 7) is 6.90. The number of nitro benzene ring substituents is 1. The number of benzene rings is 2. The Balaban J connectivity index is 2.58. The second kappa shape index (κ2) is 8.91. The minimum absolute atomic E-state index is 0.0165. The molecule has 0 aromatic heterocycles. The van der Waals surface area contributed by atoms with Crippen molar-refractivity contribution in [3.8, 4) is 23.0 Å².